The fourth-order valence-corrected chi connectivity index (χ4v) is 6.21. The van der Waals surface area contributed by atoms with E-state index in [1.807, 2.05) is 13.8 Å². The molecule has 0 unspecified atom stereocenters. The zero-order chi connectivity index (χ0) is 31.9. The summed E-state index contributed by atoms with van der Waals surface area (Å²) < 4.78 is 59.5. The Labute approximate surface area is 257 Å². The molecular weight excluding hydrogens is 589 g/mol. The predicted molar refractivity (Wildman–Crippen MR) is 164 cm³/mol. The topological polar surface area (TPSA) is 114 Å². The van der Waals surface area contributed by atoms with Gasteiger partial charge in [-0.25, -0.2) is 12.8 Å². The number of anilines is 1. The van der Waals surface area contributed by atoms with Crippen LogP contribution < -0.4 is 23.8 Å². The Morgan fingerprint density at radius 3 is 2.34 bits per heavy atom. The second-order valence-electron chi connectivity index (χ2n) is 10.4. The number of hydrogen-bond acceptors (Lipinski definition) is 7. The third-order valence-corrected chi connectivity index (χ3v) is 9.14. The maximum atomic E-state index is 14.2. The number of carbonyl (C=O) groups excluding carboxylic acids is 2. The van der Waals surface area contributed by atoms with Crippen molar-refractivity contribution in [2.24, 2.45) is 0 Å². The molecule has 10 nitrogen and oxygen atoms in total. The molecule has 0 bridgehead atoms. The molecule has 1 aliphatic rings. The van der Waals surface area contributed by atoms with Crippen LogP contribution >= 0.6 is 0 Å². The number of fused-ring (bicyclic) bond motifs is 1. The summed E-state index contributed by atoms with van der Waals surface area (Å²) in [6.45, 7) is 5.55. The van der Waals surface area contributed by atoms with E-state index in [1.54, 1.807) is 31.2 Å². The minimum atomic E-state index is -4.38. The van der Waals surface area contributed by atoms with Crippen LogP contribution in [0, 0.1) is 5.82 Å². The Balaban J connectivity index is 1.75. The van der Waals surface area contributed by atoms with Crippen LogP contribution in [-0.4, -0.2) is 64.1 Å². The van der Waals surface area contributed by atoms with Crippen LogP contribution in [0.25, 0.3) is 0 Å². The molecule has 1 heterocycles. The molecular formula is C32H38FN3O7S. The molecule has 0 aromatic heterocycles. The number of carbonyl (C=O) groups is 2. The zero-order valence-corrected chi connectivity index (χ0v) is 26.1. The third kappa shape index (κ3) is 7.60. The molecule has 0 spiro atoms. The largest absolute Gasteiger partial charge is 0.497 e. The number of methoxy groups -OCH3 is 1. The molecule has 0 radical (unpaired) electrons. The van der Waals surface area contributed by atoms with E-state index in [2.05, 4.69) is 5.32 Å². The van der Waals surface area contributed by atoms with E-state index >= 15 is 0 Å². The van der Waals surface area contributed by atoms with Crippen LogP contribution in [0.4, 0.5) is 10.1 Å². The lowest BCUT2D eigenvalue weighted by Gasteiger charge is -2.34. The van der Waals surface area contributed by atoms with E-state index in [-0.39, 0.29) is 47.9 Å². The Morgan fingerprint density at radius 1 is 0.977 bits per heavy atom. The van der Waals surface area contributed by atoms with Crippen LogP contribution in [0.1, 0.15) is 39.2 Å². The Kier molecular flexibility index (Phi) is 10.7. The first-order chi connectivity index (χ1) is 21.1. The fourth-order valence-electron chi connectivity index (χ4n) is 4.78. The summed E-state index contributed by atoms with van der Waals surface area (Å²) in [4.78, 5) is 28.9. The highest BCUT2D eigenvalue weighted by molar-refractivity contribution is 7.92. The number of nitrogens with zero attached hydrogens (tertiary/aromatic N) is 2. The Hall–Kier alpha value is -4.32. The molecule has 44 heavy (non-hydrogen) atoms. The van der Waals surface area contributed by atoms with Crippen molar-refractivity contribution in [1.82, 2.24) is 10.2 Å². The van der Waals surface area contributed by atoms with Gasteiger partial charge in [-0.2, -0.15) is 0 Å². The third-order valence-electron chi connectivity index (χ3n) is 7.37. The summed E-state index contributed by atoms with van der Waals surface area (Å²) in [6.07, 6.45) is 0.974. The van der Waals surface area contributed by atoms with Crippen LogP contribution in [0.3, 0.4) is 0 Å². The van der Waals surface area contributed by atoms with E-state index in [0.29, 0.717) is 30.1 Å². The Morgan fingerprint density at radius 2 is 1.68 bits per heavy atom. The number of hydrogen-bond donors (Lipinski definition) is 1. The van der Waals surface area contributed by atoms with Crippen molar-refractivity contribution in [2.45, 2.75) is 57.1 Å². The second kappa shape index (κ2) is 14.4. The maximum Gasteiger partial charge on any atom is 0.264 e. The van der Waals surface area contributed by atoms with Crippen molar-refractivity contribution in [3.8, 4) is 17.2 Å². The van der Waals surface area contributed by atoms with E-state index in [4.69, 9.17) is 14.2 Å². The van der Waals surface area contributed by atoms with Gasteiger partial charge in [-0.15, -0.1) is 0 Å². The molecule has 0 aliphatic carbocycles. The van der Waals surface area contributed by atoms with Crippen molar-refractivity contribution < 1.29 is 36.6 Å². The van der Waals surface area contributed by atoms with Gasteiger partial charge in [0, 0.05) is 18.7 Å². The molecule has 1 aliphatic heterocycles. The SMILES string of the molecule is CC[C@@H](C)NC(=O)[C@@H](CC)N(Cc1cccc(OC)c1)C(=O)CN(c1ccc(F)cc1)S(=O)(=O)c1ccc2c(c1)OCCO2. The van der Waals surface area contributed by atoms with E-state index in [9.17, 15) is 22.4 Å². The average Bonchev–Trinajstić information content (AvgIpc) is 3.03. The van der Waals surface area contributed by atoms with Crippen molar-refractivity contribution in [1.29, 1.82) is 0 Å². The summed E-state index contributed by atoms with van der Waals surface area (Å²) in [7, 11) is -2.85. The standard InChI is InChI=1S/C32H38FN3O7S/c1-5-22(3)34-32(38)28(6-2)35(20-23-8-7-9-26(18-23)41-4)31(37)21-36(25-12-10-24(33)11-13-25)44(39,40)27-14-15-29-30(19-27)43-17-16-42-29/h7-15,18-19,22,28H,5-6,16-17,20-21H2,1-4H3,(H,34,38)/t22-,28-/m1/s1. The lowest BCUT2D eigenvalue weighted by Crippen LogP contribution is -2.53. The average molecular weight is 628 g/mol. The van der Waals surface area contributed by atoms with Gasteiger partial charge in [0.15, 0.2) is 11.5 Å². The number of ether oxygens (including phenoxy) is 3. The molecule has 2 atom stereocenters. The minimum Gasteiger partial charge on any atom is -0.497 e. The number of benzene rings is 3. The summed E-state index contributed by atoms with van der Waals surface area (Å²) in [5.74, 6) is -0.298. The predicted octanol–water partition coefficient (Wildman–Crippen LogP) is 4.52. The van der Waals surface area contributed by atoms with Crippen LogP contribution in [0.15, 0.2) is 71.6 Å². The van der Waals surface area contributed by atoms with Gasteiger partial charge in [0.1, 0.15) is 37.4 Å². The second-order valence-corrected chi connectivity index (χ2v) is 12.3. The first-order valence-corrected chi connectivity index (χ1v) is 15.9. The summed E-state index contributed by atoms with van der Waals surface area (Å²) >= 11 is 0. The van der Waals surface area contributed by atoms with Crippen LogP contribution in [0.5, 0.6) is 17.2 Å². The molecule has 0 saturated heterocycles. The van der Waals surface area contributed by atoms with Crippen LogP contribution in [-0.2, 0) is 26.2 Å². The monoisotopic (exact) mass is 627 g/mol. The lowest BCUT2D eigenvalue weighted by molar-refractivity contribution is -0.140. The van der Waals surface area contributed by atoms with Gasteiger partial charge >= 0.3 is 0 Å². The molecule has 4 rings (SSSR count). The smallest absolute Gasteiger partial charge is 0.264 e. The maximum absolute atomic E-state index is 14.2. The number of nitrogens with one attached hydrogen (secondary N) is 1. The lowest BCUT2D eigenvalue weighted by atomic mass is 10.1. The van der Waals surface area contributed by atoms with E-state index in [0.717, 1.165) is 16.4 Å². The van der Waals surface area contributed by atoms with Gasteiger partial charge in [0.25, 0.3) is 10.0 Å². The van der Waals surface area contributed by atoms with Gasteiger partial charge in [-0.05, 0) is 73.9 Å². The van der Waals surface area contributed by atoms with Gasteiger partial charge in [-0.3, -0.25) is 13.9 Å². The van der Waals surface area contributed by atoms with Crippen molar-refractivity contribution in [3.05, 3.63) is 78.1 Å². The normalized spacial score (nSPS) is 13.8. The molecule has 12 heteroatoms. The van der Waals surface area contributed by atoms with Crippen molar-refractivity contribution >= 4 is 27.5 Å². The van der Waals surface area contributed by atoms with Crippen LogP contribution in [0.2, 0.25) is 0 Å². The molecule has 1 N–H and O–H groups in total. The van der Waals surface area contributed by atoms with E-state index in [1.165, 1.54) is 42.3 Å². The number of amides is 2. The molecule has 3 aromatic carbocycles. The highest BCUT2D eigenvalue weighted by atomic mass is 32.2. The zero-order valence-electron chi connectivity index (χ0n) is 25.3. The Bertz CT molecular complexity index is 1570. The molecule has 236 valence electrons. The molecule has 0 saturated carbocycles. The highest BCUT2D eigenvalue weighted by Crippen LogP contribution is 2.34. The van der Waals surface area contributed by atoms with Gasteiger partial charge in [0.2, 0.25) is 11.8 Å². The minimum absolute atomic E-state index is 0.0177. The summed E-state index contributed by atoms with van der Waals surface area (Å²) in [6, 6.07) is 15.1. The summed E-state index contributed by atoms with van der Waals surface area (Å²) in [5.41, 5.74) is 0.767. The number of halogens is 1. The van der Waals surface area contributed by atoms with Gasteiger partial charge in [0.05, 0.1) is 17.7 Å². The molecule has 3 aromatic rings. The molecule has 0 fully saturated rings. The summed E-state index contributed by atoms with van der Waals surface area (Å²) in [5, 5.41) is 2.94. The number of rotatable bonds is 13. The first kappa shape index (κ1) is 32.6. The van der Waals surface area contributed by atoms with Gasteiger partial charge < -0.3 is 24.4 Å². The molecule has 2 amide bonds. The van der Waals surface area contributed by atoms with Gasteiger partial charge in [-0.1, -0.05) is 26.0 Å². The highest BCUT2D eigenvalue weighted by Gasteiger charge is 2.34. The first-order valence-electron chi connectivity index (χ1n) is 14.5. The number of sulfonamides is 1. The van der Waals surface area contributed by atoms with E-state index < -0.39 is 34.3 Å². The quantitative estimate of drug-likeness (QED) is 0.296. The fraction of sp³-hybridized carbons (Fsp3) is 0.375. The van der Waals surface area contributed by atoms with Crippen molar-refractivity contribution in [2.75, 3.05) is 31.2 Å². The van der Waals surface area contributed by atoms with Crippen molar-refractivity contribution in [3.63, 3.8) is 0 Å².